The van der Waals surface area contributed by atoms with Crippen LogP contribution in [0.2, 0.25) is 0 Å². The van der Waals surface area contributed by atoms with E-state index in [2.05, 4.69) is 13.8 Å². The van der Waals surface area contributed by atoms with E-state index in [9.17, 15) is 4.79 Å². The molecule has 0 spiro atoms. The first kappa shape index (κ1) is 15.4. The van der Waals surface area contributed by atoms with E-state index >= 15 is 0 Å². The smallest absolute Gasteiger partial charge is 0.305 e. The molecule has 0 heterocycles. The lowest BCUT2D eigenvalue weighted by atomic mass is 10.1. The van der Waals surface area contributed by atoms with Crippen LogP contribution in [0.5, 0.6) is 0 Å². The van der Waals surface area contributed by atoms with Crippen molar-refractivity contribution in [3.05, 3.63) is 6.92 Å². The van der Waals surface area contributed by atoms with Gasteiger partial charge in [-0.05, 0) is 13.3 Å². The summed E-state index contributed by atoms with van der Waals surface area (Å²) in [7, 11) is 0. The van der Waals surface area contributed by atoms with Crippen LogP contribution in [-0.2, 0) is 9.53 Å². The van der Waals surface area contributed by atoms with E-state index < -0.39 is 6.10 Å². The molecule has 0 aliphatic rings. The van der Waals surface area contributed by atoms with Gasteiger partial charge in [0.05, 0.1) is 6.10 Å². The van der Waals surface area contributed by atoms with Crippen LogP contribution >= 0.6 is 0 Å². The summed E-state index contributed by atoms with van der Waals surface area (Å²) < 4.78 is 4.80. The number of ether oxygens (including phenoxy) is 1. The van der Waals surface area contributed by atoms with E-state index in [1.807, 2.05) is 0 Å². The minimum Gasteiger partial charge on any atom is -0.463 e. The summed E-state index contributed by atoms with van der Waals surface area (Å²) in [6.45, 7) is 5.54. The van der Waals surface area contributed by atoms with Crippen molar-refractivity contribution in [2.45, 2.75) is 64.4 Å². The number of hydrogen-bond donors (Lipinski definition) is 1. The number of aliphatic hydroxyl groups excluding tert-OH is 1. The minimum atomic E-state index is -0.807. The Morgan fingerprint density at radius 1 is 1.19 bits per heavy atom. The molecule has 0 amide bonds. The molecular formula is C13H25O3. The zero-order valence-corrected chi connectivity index (χ0v) is 10.4. The van der Waals surface area contributed by atoms with Gasteiger partial charge in [0.15, 0.2) is 0 Å². The maximum absolute atomic E-state index is 11.1. The number of carbonyl (C=O) groups excluding carboxylic acids is 1. The third-order valence-corrected chi connectivity index (χ3v) is 2.42. The molecule has 3 nitrogen and oxygen atoms in total. The molecule has 1 unspecified atom stereocenters. The highest BCUT2D eigenvalue weighted by molar-refractivity contribution is 5.69. The van der Waals surface area contributed by atoms with Crippen molar-refractivity contribution in [1.82, 2.24) is 0 Å². The van der Waals surface area contributed by atoms with E-state index in [1.165, 1.54) is 32.1 Å². The van der Waals surface area contributed by atoms with Gasteiger partial charge in [0.2, 0.25) is 0 Å². The maximum atomic E-state index is 11.1. The number of carbonyl (C=O) groups is 1. The summed E-state index contributed by atoms with van der Waals surface area (Å²) in [6.07, 6.45) is 7.96. The van der Waals surface area contributed by atoms with Gasteiger partial charge in [-0.2, -0.15) is 0 Å². The highest BCUT2D eigenvalue weighted by atomic mass is 16.5. The number of rotatable bonds is 10. The van der Waals surface area contributed by atoms with E-state index in [1.54, 1.807) is 0 Å². The van der Waals surface area contributed by atoms with Crippen LogP contribution in [0.3, 0.4) is 0 Å². The van der Waals surface area contributed by atoms with Gasteiger partial charge in [-0.25, -0.2) is 0 Å². The first-order chi connectivity index (χ1) is 7.66. The molecule has 0 fully saturated rings. The predicted molar refractivity (Wildman–Crippen MR) is 64.9 cm³/mol. The van der Waals surface area contributed by atoms with Crippen molar-refractivity contribution >= 4 is 5.97 Å². The Bertz CT molecular complexity index is 167. The first-order valence-corrected chi connectivity index (χ1v) is 6.33. The fraction of sp³-hybridized carbons (Fsp3) is 0.846. The lowest BCUT2D eigenvalue weighted by Crippen LogP contribution is -2.15. The van der Waals surface area contributed by atoms with Gasteiger partial charge in [-0.15, -0.1) is 0 Å². The minimum absolute atomic E-state index is 0.00926. The molecule has 0 saturated heterocycles. The molecule has 0 aliphatic carbocycles. The second-order valence-electron chi connectivity index (χ2n) is 4.21. The predicted octanol–water partition coefficient (Wildman–Crippen LogP) is 2.87. The SMILES string of the molecule is [CH2]C(O)COC(=O)CCCCCCCCC. The molecule has 0 bridgehead atoms. The van der Waals surface area contributed by atoms with E-state index in [4.69, 9.17) is 9.84 Å². The largest absolute Gasteiger partial charge is 0.463 e. The Kier molecular flexibility index (Phi) is 10.5. The Morgan fingerprint density at radius 3 is 2.31 bits per heavy atom. The second-order valence-corrected chi connectivity index (χ2v) is 4.21. The summed E-state index contributed by atoms with van der Waals surface area (Å²) >= 11 is 0. The topological polar surface area (TPSA) is 46.5 Å². The summed E-state index contributed by atoms with van der Waals surface area (Å²) in [5.41, 5.74) is 0. The summed E-state index contributed by atoms with van der Waals surface area (Å²) in [5.74, 6) is -0.226. The van der Waals surface area contributed by atoms with Crippen LogP contribution < -0.4 is 0 Å². The van der Waals surface area contributed by atoms with Crippen molar-refractivity contribution in [3.63, 3.8) is 0 Å². The molecule has 1 N–H and O–H groups in total. The lowest BCUT2D eigenvalue weighted by molar-refractivity contribution is -0.146. The molecule has 0 aromatic rings. The molecule has 1 atom stereocenters. The fourth-order valence-electron chi connectivity index (χ4n) is 1.49. The standard InChI is InChI=1S/C13H25O3/c1-3-4-5-6-7-8-9-10-13(15)16-11-12(2)14/h12,14H,2-11H2,1H3. The molecule has 0 rings (SSSR count). The van der Waals surface area contributed by atoms with Crippen LogP contribution in [0.4, 0.5) is 0 Å². The maximum Gasteiger partial charge on any atom is 0.305 e. The zero-order chi connectivity index (χ0) is 12.2. The van der Waals surface area contributed by atoms with Gasteiger partial charge in [-0.1, -0.05) is 45.4 Å². The normalized spacial score (nSPS) is 12.4. The summed E-state index contributed by atoms with van der Waals surface area (Å²) in [6, 6.07) is 0. The summed E-state index contributed by atoms with van der Waals surface area (Å²) in [5, 5.41) is 8.80. The Balaban J connectivity index is 3.15. The lowest BCUT2D eigenvalue weighted by Gasteiger charge is -2.06. The third kappa shape index (κ3) is 11.5. The van der Waals surface area contributed by atoms with Crippen LogP contribution in [0.1, 0.15) is 58.3 Å². The Hall–Kier alpha value is -0.570. The summed E-state index contributed by atoms with van der Waals surface area (Å²) in [4.78, 5) is 11.1. The number of unbranched alkanes of at least 4 members (excludes halogenated alkanes) is 6. The average molecular weight is 229 g/mol. The molecule has 0 aliphatic heterocycles. The highest BCUT2D eigenvalue weighted by Crippen LogP contribution is 2.08. The highest BCUT2D eigenvalue weighted by Gasteiger charge is 2.04. The first-order valence-electron chi connectivity index (χ1n) is 6.33. The van der Waals surface area contributed by atoms with Crippen LogP contribution in [0.25, 0.3) is 0 Å². The van der Waals surface area contributed by atoms with Gasteiger partial charge in [0.25, 0.3) is 0 Å². The molecule has 0 aromatic carbocycles. The van der Waals surface area contributed by atoms with Crippen molar-refractivity contribution in [2.24, 2.45) is 0 Å². The van der Waals surface area contributed by atoms with Crippen molar-refractivity contribution < 1.29 is 14.6 Å². The molecule has 1 radical (unpaired) electrons. The Labute approximate surface area is 99.2 Å². The molecule has 16 heavy (non-hydrogen) atoms. The van der Waals surface area contributed by atoms with Gasteiger partial charge >= 0.3 is 5.97 Å². The third-order valence-electron chi connectivity index (χ3n) is 2.42. The molecule has 3 heteroatoms. The monoisotopic (exact) mass is 229 g/mol. The Morgan fingerprint density at radius 2 is 1.75 bits per heavy atom. The van der Waals surface area contributed by atoms with Gasteiger partial charge in [0.1, 0.15) is 6.61 Å². The van der Waals surface area contributed by atoms with Gasteiger partial charge in [-0.3, -0.25) is 4.79 Å². The number of esters is 1. The van der Waals surface area contributed by atoms with E-state index in [0.717, 1.165) is 12.8 Å². The van der Waals surface area contributed by atoms with Crippen LogP contribution in [0.15, 0.2) is 0 Å². The molecule has 95 valence electrons. The quantitative estimate of drug-likeness (QED) is 0.463. The van der Waals surface area contributed by atoms with Crippen LogP contribution in [0, 0.1) is 6.92 Å². The van der Waals surface area contributed by atoms with Crippen LogP contribution in [-0.4, -0.2) is 23.8 Å². The number of hydrogen-bond acceptors (Lipinski definition) is 3. The van der Waals surface area contributed by atoms with Crippen molar-refractivity contribution in [1.29, 1.82) is 0 Å². The van der Waals surface area contributed by atoms with Gasteiger partial charge < -0.3 is 9.84 Å². The van der Waals surface area contributed by atoms with E-state index in [-0.39, 0.29) is 12.6 Å². The van der Waals surface area contributed by atoms with E-state index in [0.29, 0.717) is 6.42 Å². The van der Waals surface area contributed by atoms with Crippen molar-refractivity contribution in [3.8, 4) is 0 Å². The molecule has 0 saturated carbocycles. The molecular weight excluding hydrogens is 204 g/mol. The number of aliphatic hydroxyl groups is 1. The van der Waals surface area contributed by atoms with Crippen molar-refractivity contribution in [2.75, 3.05) is 6.61 Å². The second kappa shape index (κ2) is 10.9. The average Bonchev–Trinajstić information content (AvgIpc) is 2.25. The van der Waals surface area contributed by atoms with Gasteiger partial charge in [0, 0.05) is 6.42 Å². The molecule has 0 aromatic heterocycles. The zero-order valence-electron chi connectivity index (χ0n) is 10.4. The fourth-order valence-corrected chi connectivity index (χ4v) is 1.49.